The molecular weight excluding hydrogens is 180 g/mol. The molecule has 0 rings (SSSR count). The van der Waals surface area contributed by atoms with Crippen LogP contribution >= 0.6 is 0 Å². The van der Waals surface area contributed by atoms with Crippen LogP contribution in [0.25, 0.3) is 0 Å². The Morgan fingerprint density at radius 1 is 1.20 bits per heavy atom. The molecule has 0 spiro atoms. The molecule has 0 N–H and O–H groups in total. The lowest BCUT2D eigenvalue weighted by Gasteiger charge is -2.15. The second-order valence-corrected chi connectivity index (χ2v) is 4.58. The van der Waals surface area contributed by atoms with E-state index in [1.54, 1.807) is 0 Å². The van der Waals surface area contributed by atoms with E-state index in [4.69, 9.17) is 0 Å². The highest BCUT2D eigenvalue weighted by atomic mass is 14.1. The third-order valence-electron chi connectivity index (χ3n) is 2.76. The fourth-order valence-electron chi connectivity index (χ4n) is 1.43. The van der Waals surface area contributed by atoms with Crippen LogP contribution in [0.4, 0.5) is 0 Å². The minimum atomic E-state index is 0.600. The van der Waals surface area contributed by atoms with E-state index in [-0.39, 0.29) is 0 Å². The summed E-state index contributed by atoms with van der Waals surface area (Å²) in [6.45, 7) is 18.2. The first-order valence-electron chi connectivity index (χ1n) is 5.72. The van der Waals surface area contributed by atoms with Crippen molar-refractivity contribution in [3.05, 3.63) is 42.9 Å². The molecule has 15 heavy (non-hydrogen) atoms. The Kier molecular flexibility index (Phi) is 7.11. The van der Waals surface area contributed by atoms with Crippen LogP contribution in [-0.2, 0) is 0 Å². The highest BCUT2D eigenvalue weighted by Gasteiger charge is 2.07. The van der Waals surface area contributed by atoms with Gasteiger partial charge in [-0.25, -0.2) is 0 Å². The number of hydrogen-bond donors (Lipinski definition) is 0. The second kappa shape index (κ2) is 7.50. The highest BCUT2D eigenvalue weighted by molar-refractivity contribution is 5.06. The summed E-state index contributed by atoms with van der Waals surface area (Å²) in [7, 11) is 0. The van der Waals surface area contributed by atoms with Gasteiger partial charge in [-0.3, -0.25) is 0 Å². The Hall–Kier alpha value is -0.780. The standard InChI is InChI=1S/C15H25/c1-7-14(6)9-11-15(13(4)5)10-8-12(2)3/h9,15H,1-2,4,7-8,10-11H2,3,5-6H3/b14-9-/t15-/m1/s1. The van der Waals surface area contributed by atoms with E-state index >= 15 is 0 Å². The lowest BCUT2D eigenvalue weighted by molar-refractivity contribution is 0.566. The molecule has 0 saturated heterocycles. The van der Waals surface area contributed by atoms with Gasteiger partial charge in [0.25, 0.3) is 0 Å². The van der Waals surface area contributed by atoms with Crippen LogP contribution in [0.3, 0.4) is 0 Å². The molecule has 85 valence electrons. The lowest BCUT2D eigenvalue weighted by atomic mass is 9.90. The number of hydrogen-bond acceptors (Lipinski definition) is 0. The predicted octanol–water partition coefficient (Wildman–Crippen LogP) is 5.10. The summed E-state index contributed by atoms with van der Waals surface area (Å²) < 4.78 is 0. The molecule has 1 radical (unpaired) electrons. The molecule has 0 aromatic heterocycles. The Balaban J connectivity index is 4.17. The minimum absolute atomic E-state index is 0.600. The third kappa shape index (κ3) is 7.18. The van der Waals surface area contributed by atoms with Crippen molar-refractivity contribution in [3.63, 3.8) is 0 Å². The molecule has 0 aromatic rings. The SMILES string of the molecule is [CH2]C/C(C)=C\C[C@@H](CCC(=C)C)C(=C)C. The summed E-state index contributed by atoms with van der Waals surface area (Å²) in [6, 6.07) is 0. The van der Waals surface area contributed by atoms with Crippen LogP contribution in [0.5, 0.6) is 0 Å². The van der Waals surface area contributed by atoms with Crippen LogP contribution < -0.4 is 0 Å². The van der Waals surface area contributed by atoms with Gasteiger partial charge >= 0.3 is 0 Å². The van der Waals surface area contributed by atoms with E-state index in [2.05, 4.69) is 46.9 Å². The summed E-state index contributed by atoms with van der Waals surface area (Å²) in [5.41, 5.74) is 3.92. The quantitative estimate of drug-likeness (QED) is 0.507. The van der Waals surface area contributed by atoms with Crippen LogP contribution in [0, 0.1) is 12.8 Å². The van der Waals surface area contributed by atoms with Crippen LogP contribution in [0.15, 0.2) is 36.0 Å². The van der Waals surface area contributed by atoms with Gasteiger partial charge in [0, 0.05) is 0 Å². The van der Waals surface area contributed by atoms with Gasteiger partial charge in [0.15, 0.2) is 0 Å². The Labute approximate surface area is 95.8 Å². The topological polar surface area (TPSA) is 0 Å². The molecule has 0 aliphatic heterocycles. The summed E-state index contributed by atoms with van der Waals surface area (Å²) in [5.74, 6) is 0.600. The lowest BCUT2D eigenvalue weighted by Crippen LogP contribution is -2.00. The maximum absolute atomic E-state index is 4.06. The van der Waals surface area contributed by atoms with E-state index in [1.807, 2.05) is 0 Å². The van der Waals surface area contributed by atoms with Gasteiger partial charge < -0.3 is 0 Å². The van der Waals surface area contributed by atoms with Crippen molar-refractivity contribution in [2.75, 3.05) is 0 Å². The van der Waals surface area contributed by atoms with Gasteiger partial charge in [-0.15, -0.1) is 6.58 Å². The van der Waals surface area contributed by atoms with Gasteiger partial charge in [-0.2, -0.15) is 0 Å². The second-order valence-electron chi connectivity index (χ2n) is 4.58. The molecule has 0 heterocycles. The van der Waals surface area contributed by atoms with Crippen molar-refractivity contribution in [3.8, 4) is 0 Å². The van der Waals surface area contributed by atoms with E-state index in [1.165, 1.54) is 23.1 Å². The summed E-state index contributed by atoms with van der Waals surface area (Å²) in [6.07, 6.45) is 6.58. The van der Waals surface area contributed by atoms with Crippen molar-refractivity contribution in [1.29, 1.82) is 0 Å². The maximum Gasteiger partial charge on any atom is -0.0171 e. The molecule has 0 fully saturated rings. The molecule has 0 saturated carbocycles. The molecule has 0 aromatic carbocycles. The molecule has 0 aliphatic rings. The smallest absolute Gasteiger partial charge is 0.0171 e. The Morgan fingerprint density at radius 3 is 2.20 bits per heavy atom. The average Bonchev–Trinajstić information content (AvgIpc) is 2.16. The maximum atomic E-state index is 4.06. The van der Waals surface area contributed by atoms with Gasteiger partial charge in [-0.1, -0.05) is 29.4 Å². The number of allylic oxidation sites excluding steroid dienone is 4. The highest BCUT2D eigenvalue weighted by Crippen LogP contribution is 2.22. The van der Waals surface area contributed by atoms with Crippen molar-refractivity contribution < 1.29 is 0 Å². The molecule has 0 unspecified atom stereocenters. The Morgan fingerprint density at radius 2 is 1.80 bits per heavy atom. The van der Waals surface area contributed by atoms with Gasteiger partial charge in [-0.05, 0) is 59.3 Å². The summed E-state index contributed by atoms with van der Waals surface area (Å²) in [4.78, 5) is 0. The largest absolute Gasteiger partial charge is 0.100 e. The molecule has 0 nitrogen and oxygen atoms in total. The number of rotatable bonds is 7. The Bertz CT molecular complexity index is 243. The molecule has 1 atom stereocenters. The van der Waals surface area contributed by atoms with E-state index < -0.39 is 0 Å². The minimum Gasteiger partial charge on any atom is -0.100 e. The molecule has 0 aliphatic carbocycles. The van der Waals surface area contributed by atoms with Crippen LogP contribution in [0.2, 0.25) is 0 Å². The van der Waals surface area contributed by atoms with Gasteiger partial charge in [0.05, 0.1) is 0 Å². The fourth-order valence-corrected chi connectivity index (χ4v) is 1.43. The molecule has 0 amide bonds. The normalized spacial score (nSPS) is 13.7. The van der Waals surface area contributed by atoms with Crippen molar-refractivity contribution >= 4 is 0 Å². The third-order valence-corrected chi connectivity index (χ3v) is 2.76. The van der Waals surface area contributed by atoms with Crippen LogP contribution in [-0.4, -0.2) is 0 Å². The van der Waals surface area contributed by atoms with Gasteiger partial charge in [0.1, 0.15) is 0 Å². The monoisotopic (exact) mass is 205 g/mol. The van der Waals surface area contributed by atoms with E-state index in [9.17, 15) is 0 Å². The van der Waals surface area contributed by atoms with Crippen LogP contribution in [0.1, 0.15) is 46.5 Å². The predicted molar refractivity (Wildman–Crippen MR) is 70.7 cm³/mol. The fraction of sp³-hybridized carbons (Fsp3) is 0.533. The molecular formula is C15H25. The van der Waals surface area contributed by atoms with E-state index in [0.717, 1.165) is 19.3 Å². The van der Waals surface area contributed by atoms with E-state index in [0.29, 0.717) is 5.92 Å². The first kappa shape index (κ1) is 14.2. The van der Waals surface area contributed by atoms with Gasteiger partial charge in [0.2, 0.25) is 0 Å². The molecule has 0 heteroatoms. The molecule has 0 bridgehead atoms. The average molecular weight is 205 g/mol. The van der Waals surface area contributed by atoms with Crippen molar-refractivity contribution in [2.24, 2.45) is 5.92 Å². The van der Waals surface area contributed by atoms with Crippen molar-refractivity contribution in [1.82, 2.24) is 0 Å². The zero-order valence-electron chi connectivity index (χ0n) is 10.6. The first-order valence-corrected chi connectivity index (χ1v) is 5.72. The first-order chi connectivity index (χ1) is 6.97. The zero-order valence-corrected chi connectivity index (χ0v) is 10.6. The zero-order chi connectivity index (χ0) is 11.8. The summed E-state index contributed by atoms with van der Waals surface area (Å²) in [5, 5.41) is 0. The van der Waals surface area contributed by atoms with Crippen molar-refractivity contribution in [2.45, 2.75) is 46.5 Å². The summed E-state index contributed by atoms with van der Waals surface area (Å²) >= 11 is 0.